The van der Waals surface area contributed by atoms with Crippen molar-refractivity contribution in [2.24, 2.45) is 5.92 Å². The summed E-state index contributed by atoms with van der Waals surface area (Å²) in [5.74, 6) is -0.212. The Hall–Kier alpha value is -0.830. The third kappa shape index (κ3) is 5.02. The van der Waals surface area contributed by atoms with Crippen LogP contribution < -0.4 is 0 Å². The van der Waals surface area contributed by atoms with Crippen molar-refractivity contribution in [1.82, 2.24) is 0 Å². The van der Waals surface area contributed by atoms with Gasteiger partial charge in [0.05, 0.1) is 6.61 Å². The van der Waals surface area contributed by atoms with E-state index in [9.17, 15) is 4.79 Å². The SMILES string of the molecule is CC=C(C)C(=O)OCC(CO)CCC. The Labute approximate surface area is 85.8 Å². The summed E-state index contributed by atoms with van der Waals surface area (Å²) in [5.41, 5.74) is 0.609. The van der Waals surface area contributed by atoms with Crippen molar-refractivity contribution < 1.29 is 14.6 Å². The Kier molecular flexibility index (Phi) is 7.11. The number of rotatable bonds is 6. The molecule has 0 aromatic carbocycles. The molecule has 0 aliphatic carbocycles. The van der Waals surface area contributed by atoms with Crippen molar-refractivity contribution >= 4 is 5.97 Å². The summed E-state index contributed by atoms with van der Waals surface area (Å²) < 4.78 is 5.03. The number of aliphatic hydroxyl groups is 1. The van der Waals surface area contributed by atoms with Crippen molar-refractivity contribution in [3.05, 3.63) is 11.6 Å². The van der Waals surface area contributed by atoms with Gasteiger partial charge in [0.2, 0.25) is 0 Å². The molecule has 0 aliphatic rings. The molecule has 0 saturated heterocycles. The van der Waals surface area contributed by atoms with Crippen molar-refractivity contribution in [3.63, 3.8) is 0 Å². The quantitative estimate of drug-likeness (QED) is 0.526. The second kappa shape index (κ2) is 7.56. The number of carbonyl (C=O) groups is 1. The average molecular weight is 200 g/mol. The first-order valence-electron chi connectivity index (χ1n) is 5.06. The van der Waals surface area contributed by atoms with Gasteiger partial charge in [-0.25, -0.2) is 4.79 Å². The van der Waals surface area contributed by atoms with E-state index in [4.69, 9.17) is 9.84 Å². The Morgan fingerprint density at radius 1 is 1.57 bits per heavy atom. The molecule has 0 bridgehead atoms. The van der Waals surface area contributed by atoms with E-state index in [1.807, 2.05) is 6.92 Å². The van der Waals surface area contributed by atoms with Crippen LogP contribution in [0.3, 0.4) is 0 Å². The fourth-order valence-corrected chi connectivity index (χ4v) is 1.06. The number of allylic oxidation sites excluding steroid dienone is 1. The Morgan fingerprint density at radius 2 is 2.21 bits per heavy atom. The van der Waals surface area contributed by atoms with E-state index < -0.39 is 0 Å². The Balaban J connectivity index is 3.85. The molecule has 0 aromatic heterocycles. The number of hydrogen-bond acceptors (Lipinski definition) is 3. The predicted octanol–water partition coefficient (Wildman–Crippen LogP) is 1.90. The van der Waals surface area contributed by atoms with Crippen LogP contribution in [0.5, 0.6) is 0 Å². The first-order chi connectivity index (χ1) is 6.65. The van der Waals surface area contributed by atoms with Crippen LogP contribution >= 0.6 is 0 Å². The highest BCUT2D eigenvalue weighted by Gasteiger charge is 2.10. The minimum Gasteiger partial charge on any atom is -0.462 e. The molecule has 1 unspecified atom stereocenters. The second-order valence-corrected chi connectivity index (χ2v) is 3.41. The van der Waals surface area contributed by atoms with Crippen LogP contribution in [0.1, 0.15) is 33.6 Å². The van der Waals surface area contributed by atoms with Crippen LogP contribution in [-0.2, 0) is 9.53 Å². The van der Waals surface area contributed by atoms with Gasteiger partial charge >= 0.3 is 5.97 Å². The lowest BCUT2D eigenvalue weighted by Gasteiger charge is -2.13. The number of hydrogen-bond donors (Lipinski definition) is 1. The third-order valence-corrected chi connectivity index (χ3v) is 2.16. The number of esters is 1. The minimum atomic E-state index is -0.290. The van der Waals surface area contributed by atoms with E-state index in [1.165, 1.54) is 0 Å². The highest BCUT2D eigenvalue weighted by molar-refractivity contribution is 5.87. The van der Waals surface area contributed by atoms with Gasteiger partial charge in [0.1, 0.15) is 0 Å². The van der Waals surface area contributed by atoms with Gasteiger partial charge in [-0.05, 0) is 20.3 Å². The molecule has 1 atom stereocenters. The monoisotopic (exact) mass is 200 g/mol. The zero-order valence-electron chi connectivity index (χ0n) is 9.25. The maximum atomic E-state index is 11.2. The van der Waals surface area contributed by atoms with Crippen molar-refractivity contribution in [3.8, 4) is 0 Å². The van der Waals surface area contributed by atoms with Gasteiger partial charge in [0, 0.05) is 18.1 Å². The van der Waals surface area contributed by atoms with E-state index in [-0.39, 0.29) is 18.5 Å². The Morgan fingerprint density at radius 3 is 2.64 bits per heavy atom. The first kappa shape index (κ1) is 13.2. The fraction of sp³-hybridized carbons (Fsp3) is 0.727. The molecule has 0 heterocycles. The molecule has 3 heteroatoms. The summed E-state index contributed by atoms with van der Waals surface area (Å²) in [5, 5.41) is 8.96. The molecule has 0 aliphatic heterocycles. The lowest BCUT2D eigenvalue weighted by Crippen LogP contribution is -2.17. The molecule has 0 saturated carbocycles. The summed E-state index contributed by atoms with van der Waals surface area (Å²) in [4.78, 5) is 11.2. The molecule has 0 amide bonds. The lowest BCUT2D eigenvalue weighted by molar-refractivity contribution is -0.140. The number of carbonyl (C=O) groups excluding carboxylic acids is 1. The normalized spacial score (nSPS) is 13.9. The third-order valence-electron chi connectivity index (χ3n) is 2.16. The van der Waals surface area contributed by atoms with E-state index in [2.05, 4.69) is 0 Å². The van der Waals surface area contributed by atoms with E-state index in [1.54, 1.807) is 19.9 Å². The van der Waals surface area contributed by atoms with Gasteiger partial charge in [-0.15, -0.1) is 0 Å². The maximum Gasteiger partial charge on any atom is 0.333 e. The van der Waals surface area contributed by atoms with Crippen LogP contribution in [0.15, 0.2) is 11.6 Å². The zero-order valence-corrected chi connectivity index (χ0v) is 9.25. The second-order valence-electron chi connectivity index (χ2n) is 3.41. The van der Waals surface area contributed by atoms with Crippen molar-refractivity contribution in [1.29, 1.82) is 0 Å². The zero-order chi connectivity index (χ0) is 11.0. The molecule has 0 fully saturated rings. The summed E-state index contributed by atoms with van der Waals surface area (Å²) in [6.07, 6.45) is 3.60. The van der Waals surface area contributed by atoms with Crippen LogP contribution in [-0.4, -0.2) is 24.3 Å². The lowest BCUT2D eigenvalue weighted by atomic mass is 10.1. The highest BCUT2D eigenvalue weighted by Crippen LogP contribution is 2.07. The number of ether oxygens (including phenoxy) is 1. The van der Waals surface area contributed by atoms with Crippen LogP contribution in [0, 0.1) is 5.92 Å². The van der Waals surface area contributed by atoms with Gasteiger partial charge in [-0.2, -0.15) is 0 Å². The van der Waals surface area contributed by atoms with Gasteiger partial charge < -0.3 is 9.84 Å². The summed E-state index contributed by atoms with van der Waals surface area (Å²) >= 11 is 0. The molecular weight excluding hydrogens is 180 g/mol. The van der Waals surface area contributed by atoms with Gasteiger partial charge in [-0.1, -0.05) is 19.4 Å². The van der Waals surface area contributed by atoms with E-state index in [0.717, 1.165) is 12.8 Å². The van der Waals surface area contributed by atoms with Crippen molar-refractivity contribution in [2.75, 3.05) is 13.2 Å². The smallest absolute Gasteiger partial charge is 0.333 e. The molecule has 0 aromatic rings. The average Bonchev–Trinajstić information content (AvgIpc) is 2.22. The van der Waals surface area contributed by atoms with Gasteiger partial charge in [0.25, 0.3) is 0 Å². The van der Waals surface area contributed by atoms with Crippen LogP contribution in [0.25, 0.3) is 0 Å². The highest BCUT2D eigenvalue weighted by atomic mass is 16.5. The largest absolute Gasteiger partial charge is 0.462 e. The Bertz CT molecular complexity index is 197. The standard InChI is InChI=1S/C11H20O3/c1-4-6-10(7-12)8-14-11(13)9(3)5-2/h5,10,12H,4,6-8H2,1-3H3. The molecule has 3 nitrogen and oxygen atoms in total. The summed E-state index contributed by atoms with van der Waals surface area (Å²) in [6.45, 7) is 5.95. The molecule has 82 valence electrons. The predicted molar refractivity (Wildman–Crippen MR) is 55.9 cm³/mol. The van der Waals surface area contributed by atoms with E-state index >= 15 is 0 Å². The first-order valence-corrected chi connectivity index (χ1v) is 5.06. The van der Waals surface area contributed by atoms with E-state index in [0.29, 0.717) is 12.2 Å². The summed E-state index contributed by atoms with van der Waals surface area (Å²) in [6, 6.07) is 0. The molecule has 14 heavy (non-hydrogen) atoms. The van der Waals surface area contributed by atoms with Crippen molar-refractivity contribution in [2.45, 2.75) is 33.6 Å². The van der Waals surface area contributed by atoms with Crippen LogP contribution in [0.2, 0.25) is 0 Å². The van der Waals surface area contributed by atoms with Crippen LogP contribution in [0.4, 0.5) is 0 Å². The van der Waals surface area contributed by atoms with Gasteiger partial charge in [0.15, 0.2) is 0 Å². The molecule has 0 rings (SSSR count). The molecule has 0 spiro atoms. The molecule has 1 N–H and O–H groups in total. The summed E-state index contributed by atoms with van der Waals surface area (Å²) in [7, 11) is 0. The van der Waals surface area contributed by atoms with Gasteiger partial charge in [-0.3, -0.25) is 0 Å². The fourth-order valence-electron chi connectivity index (χ4n) is 1.06. The molecule has 0 radical (unpaired) electrons. The number of aliphatic hydroxyl groups excluding tert-OH is 1. The topological polar surface area (TPSA) is 46.5 Å². The molecular formula is C11H20O3. The maximum absolute atomic E-state index is 11.2. The minimum absolute atomic E-state index is 0.0774.